The van der Waals surface area contributed by atoms with E-state index in [0.29, 0.717) is 35.4 Å². The van der Waals surface area contributed by atoms with Crippen molar-refractivity contribution in [2.24, 2.45) is 0 Å². The average molecular weight is 304 g/mol. The van der Waals surface area contributed by atoms with E-state index in [9.17, 15) is 4.79 Å². The van der Waals surface area contributed by atoms with E-state index < -0.39 is 12.0 Å². The van der Waals surface area contributed by atoms with E-state index in [1.165, 1.54) is 0 Å². The summed E-state index contributed by atoms with van der Waals surface area (Å²) in [4.78, 5) is 12.9. The summed E-state index contributed by atoms with van der Waals surface area (Å²) >= 11 is 12.0. The number of carboxylic acids is 1. The lowest BCUT2D eigenvalue weighted by atomic mass is 10.2. The van der Waals surface area contributed by atoms with Gasteiger partial charge < -0.3 is 9.84 Å². The molecular formula is C13H15Cl2NO3. The maximum Gasteiger partial charge on any atom is 0.320 e. The van der Waals surface area contributed by atoms with Gasteiger partial charge in [-0.25, -0.2) is 0 Å². The molecule has 4 nitrogen and oxygen atoms in total. The van der Waals surface area contributed by atoms with Gasteiger partial charge in [-0.05, 0) is 31.5 Å². The molecule has 2 rings (SSSR count). The molecule has 104 valence electrons. The molecule has 1 aliphatic heterocycles. The summed E-state index contributed by atoms with van der Waals surface area (Å²) in [5, 5.41) is 9.99. The second-order valence-electron chi connectivity index (χ2n) is 4.43. The Morgan fingerprint density at radius 1 is 1.42 bits per heavy atom. The maximum absolute atomic E-state index is 11.0. The van der Waals surface area contributed by atoms with Gasteiger partial charge in [0.1, 0.15) is 12.6 Å². The summed E-state index contributed by atoms with van der Waals surface area (Å²) in [5.41, 5.74) is 0. The highest BCUT2D eigenvalue weighted by molar-refractivity contribution is 6.37. The van der Waals surface area contributed by atoms with Gasteiger partial charge in [0.2, 0.25) is 0 Å². The number of ether oxygens (including phenoxy) is 1. The van der Waals surface area contributed by atoms with Crippen molar-refractivity contribution >= 4 is 29.2 Å². The first-order valence-electron chi connectivity index (χ1n) is 6.13. The van der Waals surface area contributed by atoms with Crippen LogP contribution in [0.3, 0.4) is 0 Å². The van der Waals surface area contributed by atoms with Gasteiger partial charge in [-0.3, -0.25) is 9.69 Å². The molecule has 1 unspecified atom stereocenters. The van der Waals surface area contributed by atoms with Gasteiger partial charge in [-0.2, -0.15) is 0 Å². The van der Waals surface area contributed by atoms with Crippen molar-refractivity contribution in [1.82, 2.24) is 4.90 Å². The molecule has 0 aromatic heterocycles. The predicted octanol–water partition coefficient (Wildman–Crippen LogP) is 2.92. The quantitative estimate of drug-likeness (QED) is 0.908. The van der Waals surface area contributed by atoms with E-state index in [1.54, 1.807) is 18.2 Å². The van der Waals surface area contributed by atoms with Gasteiger partial charge in [0.15, 0.2) is 5.75 Å². The molecule has 1 N–H and O–H groups in total. The summed E-state index contributed by atoms with van der Waals surface area (Å²) in [6.45, 7) is 1.71. The zero-order chi connectivity index (χ0) is 13.8. The Morgan fingerprint density at radius 2 is 2.11 bits per heavy atom. The molecular weight excluding hydrogens is 289 g/mol. The highest BCUT2D eigenvalue weighted by atomic mass is 35.5. The Morgan fingerprint density at radius 3 is 2.74 bits per heavy atom. The molecule has 0 aliphatic carbocycles. The number of likely N-dealkylation sites (tertiary alicyclic amines) is 1. The van der Waals surface area contributed by atoms with Crippen molar-refractivity contribution in [3.05, 3.63) is 28.2 Å². The minimum Gasteiger partial charge on any atom is -0.489 e. The van der Waals surface area contributed by atoms with E-state index in [2.05, 4.69) is 0 Å². The number of benzene rings is 1. The van der Waals surface area contributed by atoms with Crippen LogP contribution in [-0.4, -0.2) is 41.7 Å². The van der Waals surface area contributed by atoms with E-state index in [1.807, 2.05) is 4.90 Å². The van der Waals surface area contributed by atoms with Crippen LogP contribution >= 0.6 is 23.2 Å². The Kier molecular flexibility index (Phi) is 4.91. The molecule has 1 aromatic carbocycles. The van der Waals surface area contributed by atoms with Crippen LogP contribution in [0.5, 0.6) is 5.75 Å². The monoisotopic (exact) mass is 303 g/mol. The number of para-hydroxylation sites is 1. The van der Waals surface area contributed by atoms with Crippen LogP contribution in [0.15, 0.2) is 18.2 Å². The lowest BCUT2D eigenvalue weighted by Crippen LogP contribution is -2.38. The van der Waals surface area contributed by atoms with E-state index in [0.717, 1.165) is 13.0 Å². The van der Waals surface area contributed by atoms with E-state index >= 15 is 0 Å². The van der Waals surface area contributed by atoms with Crippen LogP contribution < -0.4 is 4.74 Å². The van der Waals surface area contributed by atoms with Gasteiger partial charge in [0.25, 0.3) is 0 Å². The smallest absolute Gasteiger partial charge is 0.320 e. The van der Waals surface area contributed by atoms with Gasteiger partial charge in [0.05, 0.1) is 10.0 Å². The molecule has 1 heterocycles. The van der Waals surface area contributed by atoms with Crippen LogP contribution in [0.1, 0.15) is 12.8 Å². The maximum atomic E-state index is 11.0. The molecule has 0 radical (unpaired) electrons. The first-order chi connectivity index (χ1) is 9.09. The lowest BCUT2D eigenvalue weighted by molar-refractivity contribution is -0.142. The number of nitrogens with zero attached hydrogens (tertiary/aromatic N) is 1. The third-order valence-electron chi connectivity index (χ3n) is 3.19. The topological polar surface area (TPSA) is 49.8 Å². The summed E-state index contributed by atoms with van der Waals surface area (Å²) in [6.07, 6.45) is 1.60. The zero-order valence-corrected chi connectivity index (χ0v) is 11.8. The molecule has 1 atom stereocenters. The SMILES string of the molecule is O=C(O)C1CCCN1CCOc1c(Cl)cccc1Cl. The van der Waals surface area contributed by atoms with Crippen molar-refractivity contribution in [2.75, 3.05) is 19.7 Å². The second kappa shape index (κ2) is 6.46. The van der Waals surface area contributed by atoms with Gasteiger partial charge >= 0.3 is 5.97 Å². The number of aliphatic carboxylic acids is 1. The summed E-state index contributed by atoms with van der Waals surface area (Å²) in [7, 11) is 0. The summed E-state index contributed by atoms with van der Waals surface area (Å²) in [6, 6.07) is 4.76. The lowest BCUT2D eigenvalue weighted by Gasteiger charge is -2.21. The van der Waals surface area contributed by atoms with E-state index in [-0.39, 0.29) is 0 Å². The molecule has 0 amide bonds. The number of rotatable bonds is 5. The van der Waals surface area contributed by atoms with Gasteiger partial charge in [-0.15, -0.1) is 0 Å². The Labute approximate surface area is 121 Å². The molecule has 1 aliphatic rings. The first-order valence-corrected chi connectivity index (χ1v) is 6.89. The molecule has 6 heteroatoms. The molecule has 1 aromatic rings. The standard InChI is InChI=1S/C13H15Cl2NO3/c14-9-3-1-4-10(15)12(9)19-8-7-16-6-2-5-11(16)13(17)18/h1,3-4,11H,2,5-8H2,(H,17,18). The van der Waals surface area contributed by atoms with Crippen LogP contribution in [0, 0.1) is 0 Å². The fourth-order valence-electron chi connectivity index (χ4n) is 2.26. The van der Waals surface area contributed by atoms with Crippen LogP contribution in [0.4, 0.5) is 0 Å². The number of carboxylic acid groups (broad SMARTS) is 1. The zero-order valence-electron chi connectivity index (χ0n) is 10.3. The summed E-state index contributed by atoms with van der Waals surface area (Å²) < 4.78 is 5.56. The third-order valence-corrected chi connectivity index (χ3v) is 3.79. The van der Waals surface area contributed by atoms with E-state index in [4.69, 9.17) is 33.0 Å². The van der Waals surface area contributed by atoms with Crippen LogP contribution in [0.2, 0.25) is 10.0 Å². The summed E-state index contributed by atoms with van der Waals surface area (Å²) in [5.74, 6) is -0.315. The number of hydrogen-bond acceptors (Lipinski definition) is 3. The molecule has 1 fully saturated rings. The van der Waals surface area contributed by atoms with Crippen molar-refractivity contribution in [1.29, 1.82) is 0 Å². The van der Waals surface area contributed by atoms with Crippen molar-refractivity contribution in [3.8, 4) is 5.75 Å². The van der Waals surface area contributed by atoms with Gasteiger partial charge in [-0.1, -0.05) is 29.3 Å². The highest BCUT2D eigenvalue weighted by Gasteiger charge is 2.29. The molecule has 0 spiro atoms. The minimum absolute atomic E-state index is 0.368. The van der Waals surface area contributed by atoms with Gasteiger partial charge in [0, 0.05) is 6.54 Å². The van der Waals surface area contributed by atoms with Crippen LogP contribution in [0.25, 0.3) is 0 Å². The number of carbonyl (C=O) groups is 1. The van der Waals surface area contributed by atoms with Crippen molar-refractivity contribution in [3.63, 3.8) is 0 Å². The normalized spacial score (nSPS) is 19.6. The highest BCUT2D eigenvalue weighted by Crippen LogP contribution is 2.32. The Hall–Kier alpha value is -0.970. The fraction of sp³-hybridized carbons (Fsp3) is 0.462. The van der Waals surface area contributed by atoms with Crippen LogP contribution in [-0.2, 0) is 4.79 Å². The Balaban J connectivity index is 1.88. The Bertz CT molecular complexity index is 447. The molecule has 19 heavy (non-hydrogen) atoms. The molecule has 0 saturated carbocycles. The fourth-order valence-corrected chi connectivity index (χ4v) is 2.77. The predicted molar refractivity (Wildman–Crippen MR) is 74.2 cm³/mol. The average Bonchev–Trinajstić information content (AvgIpc) is 2.81. The first kappa shape index (κ1) is 14.4. The minimum atomic E-state index is -0.770. The van der Waals surface area contributed by atoms with Crippen molar-refractivity contribution < 1.29 is 14.6 Å². The molecule has 1 saturated heterocycles. The number of hydrogen-bond donors (Lipinski definition) is 1. The largest absolute Gasteiger partial charge is 0.489 e. The third kappa shape index (κ3) is 3.53. The second-order valence-corrected chi connectivity index (χ2v) is 5.25. The molecule has 0 bridgehead atoms. The number of halogens is 2. The van der Waals surface area contributed by atoms with Crippen molar-refractivity contribution in [2.45, 2.75) is 18.9 Å².